The summed E-state index contributed by atoms with van der Waals surface area (Å²) in [5.41, 5.74) is 2.01. The highest BCUT2D eigenvalue weighted by Crippen LogP contribution is 2.15. The summed E-state index contributed by atoms with van der Waals surface area (Å²) in [5.74, 6) is -0.0583. The van der Waals surface area contributed by atoms with Gasteiger partial charge in [0, 0.05) is 6.92 Å². The first-order chi connectivity index (χ1) is 8.60. The summed E-state index contributed by atoms with van der Waals surface area (Å²) in [7, 11) is 0. The molecule has 0 aromatic heterocycles. The minimum atomic E-state index is -0.155. The van der Waals surface area contributed by atoms with Crippen LogP contribution in [0.2, 0.25) is 0 Å². The Bertz CT molecular complexity index is 397. The predicted octanol–water partition coefficient (Wildman–Crippen LogP) is 3.70. The molecule has 1 amide bonds. The van der Waals surface area contributed by atoms with Gasteiger partial charge in [0.2, 0.25) is 5.91 Å². The molecule has 0 radical (unpaired) electrons. The molecule has 0 aliphatic carbocycles. The van der Waals surface area contributed by atoms with Crippen molar-refractivity contribution in [1.29, 1.82) is 0 Å². The Hall–Kier alpha value is -1.83. The van der Waals surface area contributed by atoms with Gasteiger partial charge in [0.15, 0.2) is 0 Å². The van der Waals surface area contributed by atoms with E-state index in [2.05, 4.69) is 11.9 Å². The number of hydrogen-bond donors (Lipinski definition) is 1. The van der Waals surface area contributed by atoms with E-state index in [4.69, 9.17) is 0 Å². The molecule has 1 atom stereocenters. The first kappa shape index (κ1) is 16.2. The minimum absolute atomic E-state index is 0.0583. The summed E-state index contributed by atoms with van der Waals surface area (Å²) < 4.78 is 0. The Morgan fingerprint density at radius 3 is 2.22 bits per heavy atom. The van der Waals surface area contributed by atoms with Gasteiger partial charge in [0.25, 0.3) is 0 Å². The lowest BCUT2D eigenvalue weighted by Crippen LogP contribution is -2.35. The second kappa shape index (κ2) is 9.23. The monoisotopic (exact) mass is 245 g/mol. The number of carbonyl (C=O) groups excluding carboxylic acids is 1. The van der Waals surface area contributed by atoms with E-state index in [1.165, 1.54) is 6.92 Å². The highest BCUT2D eigenvalue weighted by Gasteiger charge is 2.15. The Kier molecular flexibility index (Phi) is 8.29. The van der Waals surface area contributed by atoms with E-state index in [1.54, 1.807) is 6.08 Å². The lowest BCUT2D eigenvalue weighted by Gasteiger charge is -2.20. The smallest absolute Gasteiger partial charge is 0.217 e. The molecule has 0 bridgehead atoms. The zero-order valence-corrected chi connectivity index (χ0v) is 11.7. The number of allylic oxidation sites excluding steroid dienone is 5. The summed E-state index contributed by atoms with van der Waals surface area (Å²) in [5, 5.41) is 2.94. The van der Waals surface area contributed by atoms with Gasteiger partial charge in [0.05, 0.1) is 6.04 Å². The van der Waals surface area contributed by atoms with Crippen molar-refractivity contribution in [3.05, 3.63) is 60.3 Å². The molecular weight excluding hydrogens is 222 g/mol. The quantitative estimate of drug-likeness (QED) is 0.710. The van der Waals surface area contributed by atoms with Crippen molar-refractivity contribution in [3.8, 4) is 0 Å². The summed E-state index contributed by atoms with van der Waals surface area (Å²) in [6.07, 6.45) is 13.6. The molecule has 0 saturated carbocycles. The highest BCUT2D eigenvalue weighted by atomic mass is 16.1. The fraction of sp³-hybridized carbons (Fsp3) is 0.312. The third-order valence-corrected chi connectivity index (χ3v) is 2.42. The minimum Gasteiger partial charge on any atom is -0.345 e. The van der Waals surface area contributed by atoms with E-state index in [-0.39, 0.29) is 11.9 Å². The van der Waals surface area contributed by atoms with E-state index in [0.29, 0.717) is 0 Å². The van der Waals surface area contributed by atoms with Crippen LogP contribution in [0.4, 0.5) is 0 Å². The van der Waals surface area contributed by atoms with Crippen LogP contribution in [0.1, 0.15) is 27.7 Å². The number of carbonyl (C=O) groups is 1. The van der Waals surface area contributed by atoms with Crippen molar-refractivity contribution in [2.24, 2.45) is 0 Å². The van der Waals surface area contributed by atoms with Gasteiger partial charge in [-0.2, -0.15) is 0 Å². The van der Waals surface area contributed by atoms with Gasteiger partial charge < -0.3 is 5.32 Å². The lowest BCUT2D eigenvalue weighted by atomic mass is 9.97. The molecule has 0 heterocycles. The van der Waals surface area contributed by atoms with Crippen molar-refractivity contribution in [2.75, 3.05) is 0 Å². The fourth-order valence-corrected chi connectivity index (χ4v) is 1.60. The first-order valence-electron chi connectivity index (χ1n) is 6.12. The summed E-state index contributed by atoms with van der Waals surface area (Å²) in [6, 6.07) is -0.155. The molecule has 0 aliphatic heterocycles. The summed E-state index contributed by atoms with van der Waals surface area (Å²) in [4.78, 5) is 11.3. The zero-order chi connectivity index (χ0) is 14.0. The maximum Gasteiger partial charge on any atom is 0.217 e. The number of nitrogens with one attached hydrogen (secondary N) is 1. The van der Waals surface area contributed by atoms with E-state index >= 15 is 0 Å². The largest absolute Gasteiger partial charge is 0.345 e. The molecule has 1 N–H and O–H groups in total. The van der Waals surface area contributed by atoms with Crippen LogP contribution in [0.5, 0.6) is 0 Å². The molecule has 0 rings (SSSR count). The first-order valence-corrected chi connectivity index (χ1v) is 6.12. The van der Waals surface area contributed by atoms with Crippen molar-refractivity contribution in [3.63, 3.8) is 0 Å². The van der Waals surface area contributed by atoms with Gasteiger partial charge in [-0.3, -0.25) is 4.79 Å². The third kappa shape index (κ3) is 5.48. The van der Waals surface area contributed by atoms with Crippen LogP contribution < -0.4 is 5.32 Å². The molecule has 98 valence electrons. The van der Waals surface area contributed by atoms with Crippen molar-refractivity contribution < 1.29 is 4.79 Å². The fourth-order valence-electron chi connectivity index (χ4n) is 1.60. The van der Waals surface area contributed by atoms with Gasteiger partial charge >= 0.3 is 0 Å². The van der Waals surface area contributed by atoms with E-state index in [1.807, 2.05) is 57.2 Å². The third-order valence-electron chi connectivity index (χ3n) is 2.42. The Labute approximate surface area is 110 Å². The summed E-state index contributed by atoms with van der Waals surface area (Å²) in [6.45, 7) is 11.2. The molecule has 1 unspecified atom stereocenters. The van der Waals surface area contributed by atoms with Crippen molar-refractivity contribution in [2.45, 2.75) is 33.7 Å². The second-order valence-electron chi connectivity index (χ2n) is 3.82. The molecular formula is C16H23NO. The molecule has 0 aliphatic rings. The van der Waals surface area contributed by atoms with E-state index in [9.17, 15) is 4.79 Å². The molecule has 0 fully saturated rings. The molecule has 2 heteroatoms. The topological polar surface area (TPSA) is 29.1 Å². The van der Waals surface area contributed by atoms with Crippen molar-refractivity contribution in [1.82, 2.24) is 5.32 Å². The van der Waals surface area contributed by atoms with Gasteiger partial charge in [-0.1, -0.05) is 49.1 Å². The molecule has 18 heavy (non-hydrogen) atoms. The SMILES string of the molecule is C=C/C(=C\C=C/C)C(NC(C)=O)C(/C=C\C)=C/C. The molecule has 0 aromatic carbocycles. The van der Waals surface area contributed by atoms with Crippen LogP contribution in [0, 0.1) is 0 Å². The molecule has 0 spiro atoms. The standard InChI is InChI=1S/C16H23NO/c1-6-10-12-15(9-4)16(17-13(5)18)14(8-3)11-7-2/h6-12,16H,4H2,1-3,5H3,(H,17,18)/b10-6-,11-7-,14-8+,15-12+. The average molecular weight is 245 g/mol. The van der Waals surface area contributed by atoms with Gasteiger partial charge in [-0.05, 0) is 31.9 Å². The second-order valence-corrected chi connectivity index (χ2v) is 3.82. The maximum absolute atomic E-state index is 11.3. The predicted molar refractivity (Wildman–Crippen MR) is 79.3 cm³/mol. The van der Waals surface area contributed by atoms with Crippen LogP contribution in [-0.4, -0.2) is 11.9 Å². The Balaban J connectivity index is 5.44. The van der Waals surface area contributed by atoms with Crippen LogP contribution in [0.15, 0.2) is 60.3 Å². The lowest BCUT2D eigenvalue weighted by molar-refractivity contribution is -0.119. The average Bonchev–Trinajstić information content (AvgIpc) is 2.35. The normalized spacial score (nSPS) is 15.1. The van der Waals surface area contributed by atoms with Crippen LogP contribution in [0.3, 0.4) is 0 Å². The number of rotatable bonds is 6. The zero-order valence-electron chi connectivity index (χ0n) is 11.7. The molecule has 0 aromatic rings. The van der Waals surface area contributed by atoms with E-state index in [0.717, 1.165) is 11.1 Å². The Morgan fingerprint density at radius 1 is 1.17 bits per heavy atom. The molecule has 0 saturated heterocycles. The number of amides is 1. The maximum atomic E-state index is 11.3. The van der Waals surface area contributed by atoms with Crippen LogP contribution in [-0.2, 0) is 4.79 Å². The van der Waals surface area contributed by atoms with E-state index < -0.39 is 0 Å². The van der Waals surface area contributed by atoms with Crippen LogP contribution in [0.25, 0.3) is 0 Å². The van der Waals surface area contributed by atoms with Gasteiger partial charge in [0.1, 0.15) is 0 Å². The summed E-state index contributed by atoms with van der Waals surface area (Å²) >= 11 is 0. The Morgan fingerprint density at radius 2 is 1.83 bits per heavy atom. The van der Waals surface area contributed by atoms with Crippen LogP contribution >= 0.6 is 0 Å². The molecule has 2 nitrogen and oxygen atoms in total. The van der Waals surface area contributed by atoms with Gasteiger partial charge in [-0.25, -0.2) is 0 Å². The number of hydrogen-bond acceptors (Lipinski definition) is 1. The highest BCUT2D eigenvalue weighted by molar-refractivity contribution is 5.74. The van der Waals surface area contributed by atoms with Crippen molar-refractivity contribution >= 4 is 5.91 Å². The van der Waals surface area contributed by atoms with Gasteiger partial charge in [-0.15, -0.1) is 0 Å².